The summed E-state index contributed by atoms with van der Waals surface area (Å²) in [5, 5.41) is 0. The van der Waals surface area contributed by atoms with Crippen LogP contribution in [0.5, 0.6) is 0 Å². The van der Waals surface area contributed by atoms with Gasteiger partial charge in [-0.15, -0.1) is 22.7 Å². The number of sulfonamides is 1. The molecule has 0 amide bonds. The van der Waals surface area contributed by atoms with Crippen molar-refractivity contribution in [3.8, 4) is 0 Å². The second-order valence-electron chi connectivity index (χ2n) is 3.82. The number of rotatable bonds is 5. The first kappa shape index (κ1) is 15.7. The lowest BCUT2D eigenvalue weighted by Crippen LogP contribution is -2.25. The topological polar surface area (TPSA) is 46.2 Å². The first-order valence-corrected chi connectivity index (χ1v) is 10.1. The van der Waals surface area contributed by atoms with Crippen molar-refractivity contribution in [2.24, 2.45) is 0 Å². The molecule has 0 saturated heterocycles. The van der Waals surface area contributed by atoms with Crippen molar-refractivity contribution in [3.63, 3.8) is 0 Å². The highest BCUT2D eigenvalue weighted by molar-refractivity contribution is 9.11. The highest BCUT2D eigenvalue weighted by Gasteiger charge is 2.18. The summed E-state index contributed by atoms with van der Waals surface area (Å²) in [5.41, 5.74) is 0. The third-order valence-corrected chi connectivity index (χ3v) is 7.38. The lowest BCUT2D eigenvalue weighted by molar-refractivity contribution is 0.581. The summed E-state index contributed by atoms with van der Waals surface area (Å²) >= 11 is 9.73. The van der Waals surface area contributed by atoms with Gasteiger partial charge >= 0.3 is 0 Å². The molecule has 0 fully saturated rings. The number of halogens is 2. The molecule has 0 radical (unpaired) electrons. The number of hydrogen-bond donors (Lipinski definition) is 1. The predicted octanol–water partition coefficient (Wildman–Crippen LogP) is 4.16. The molecule has 0 bridgehead atoms. The Balaban J connectivity index is 2.00. The van der Waals surface area contributed by atoms with Crippen LogP contribution in [0.2, 0.25) is 0 Å². The van der Waals surface area contributed by atoms with Crippen LogP contribution in [-0.2, 0) is 16.4 Å². The molecule has 0 spiro atoms. The minimum Gasteiger partial charge on any atom is -0.211 e. The zero-order valence-electron chi connectivity index (χ0n) is 9.94. The normalized spacial score (nSPS) is 11.9. The standard InChI is InChI=1S/C11H11Br2NO2S3/c1-7-9(6-11(13)17-7)19(15,16)14-5-4-8-2-3-10(12)18-8/h2-3,6,14H,4-5H2,1H3. The molecule has 3 nitrogen and oxygen atoms in total. The van der Waals surface area contributed by atoms with Gasteiger partial charge in [-0.25, -0.2) is 13.1 Å². The van der Waals surface area contributed by atoms with E-state index in [0.29, 0.717) is 17.9 Å². The van der Waals surface area contributed by atoms with Crippen LogP contribution in [0.4, 0.5) is 0 Å². The van der Waals surface area contributed by atoms with Crippen LogP contribution in [0.3, 0.4) is 0 Å². The monoisotopic (exact) mass is 443 g/mol. The predicted molar refractivity (Wildman–Crippen MR) is 87.7 cm³/mol. The summed E-state index contributed by atoms with van der Waals surface area (Å²) in [4.78, 5) is 2.30. The van der Waals surface area contributed by atoms with Gasteiger partial charge in [-0.2, -0.15) is 0 Å². The Labute approximate surface area is 137 Å². The molecule has 0 unspecified atom stereocenters. The van der Waals surface area contributed by atoms with E-state index in [1.807, 2.05) is 12.1 Å². The maximum absolute atomic E-state index is 12.1. The van der Waals surface area contributed by atoms with E-state index in [4.69, 9.17) is 0 Å². The van der Waals surface area contributed by atoms with Crippen molar-refractivity contribution in [1.29, 1.82) is 0 Å². The Morgan fingerprint density at radius 3 is 2.47 bits per heavy atom. The Hall–Kier alpha value is 0.270. The molecular weight excluding hydrogens is 434 g/mol. The van der Waals surface area contributed by atoms with Crippen LogP contribution in [-0.4, -0.2) is 15.0 Å². The number of nitrogens with one attached hydrogen (secondary N) is 1. The van der Waals surface area contributed by atoms with E-state index in [-0.39, 0.29) is 0 Å². The molecule has 0 aromatic carbocycles. The Bertz CT molecular complexity index is 676. The van der Waals surface area contributed by atoms with Crippen LogP contribution in [0, 0.1) is 6.92 Å². The van der Waals surface area contributed by atoms with Gasteiger partial charge in [-0.1, -0.05) is 0 Å². The van der Waals surface area contributed by atoms with E-state index in [9.17, 15) is 8.42 Å². The van der Waals surface area contributed by atoms with Gasteiger partial charge in [-0.3, -0.25) is 0 Å². The molecule has 2 aromatic rings. The number of thiophene rings is 2. The average Bonchev–Trinajstić information content (AvgIpc) is 2.85. The van der Waals surface area contributed by atoms with Crippen LogP contribution in [0.15, 0.2) is 30.7 Å². The fourth-order valence-electron chi connectivity index (χ4n) is 1.57. The zero-order valence-corrected chi connectivity index (χ0v) is 15.6. The van der Waals surface area contributed by atoms with Gasteiger partial charge in [0.25, 0.3) is 0 Å². The summed E-state index contributed by atoms with van der Waals surface area (Å²) in [7, 11) is -3.41. The third kappa shape index (κ3) is 4.12. The second kappa shape index (κ2) is 6.36. The molecular formula is C11H11Br2NO2S3. The fourth-order valence-corrected chi connectivity index (χ4v) is 6.50. The molecule has 0 aliphatic carbocycles. The largest absolute Gasteiger partial charge is 0.241 e. The zero-order chi connectivity index (χ0) is 14.0. The highest BCUT2D eigenvalue weighted by atomic mass is 79.9. The summed E-state index contributed by atoms with van der Waals surface area (Å²) < 4.78 is 28.8. The van der Waals surface area contributed by atoms with Crippen molar-refractivity contribution in [2.75, 3.05) is 6.54 Å². The minimum absolute atomic E-state index is 0.358. The fraction of sp³-hybridized carbons (Fsp3) is 0.273. The minimum atomic E-state index is -3.41. The van der Waals surface area contributed by atoms with E-state index in [0.717, 1.165) is 17.3 Å². The van der Waals surface area contributed by atoms with Crippen LogP contribution in [0.1, 0.15) is 9.75 Å². The second-order valence-corrected chi connectivity index (χ2v) is 10.7. The lowest BCUT2D eigenvalue weighted by Gasteiger charge is -2.05. The molecule has 0 aliphatic rings. The maximum atomic E-state index is 12.1. The van der Waals surface area contributed by atoms with E-state index >= 15 is 0 Å². The molecule has 2 heterocycles. The molecule has 2 rings (SSSR count). The third-order valence-electron chi connectivity index (χ3n) is 2.42. The SMILES string of the molecule is Cc1sc(Br)cc1S(=O)(=O)NCCc1ccc(Br)s1. The number of aryl methyl sites for hydroxylation is 1. The van der Waals surface area contributed by atoms with Gasteiger partial charge in [0.15, 0.2) is 0 Å². The van der Waals surface area contributed by atoms with E-state index in [1.54, 1.807) is 24.3 Å². The highest BCUT2D eigenvalue weighted by Crippen LogP contribution is 2.29. The number of hydrogen-bond acceptors (Lipinski definition) is 4. The summed E-state index contributed by atoms with van der Waals surface area (Å²) in [6.07, 6.45) is 0.694. The van der Waals surface area contributed by atoms with Gasteiger partial charge in [-0.05, 0) is 63.4 Å². The van der Waals surface area contributed by atoms with Crippen molar-refractivity contribution >= 4 is 64.6 Å². The Morgan fingerprint density at radius 2 is 1.95 bits per heavy atom. The van der Waals surface area contributed by atoms with Crippen LogP contribution < -0.4 is 4.72 Å². The van der Waals surface area contributed by atoms with E-state index < -0.39 is 10.0 Å². The summed E-state index contributed by atoms with van der Waals surface area (Å²) in [6, 6.07) is 5.61. The molecule has 2 aromatic heterocycles. The molecule has 104 valence electrons. The Morgan fingerprint density at radius 1 is 1.21 bits per heavy atom. The van der Waals surface area contributed by atoms with Crippen LogP contribution >= 0.6 is 54.5 Å². The van der Waals surface area contributed by atoms with E-state index in [2.05, 4.69) is 36.6 Å². The first-order valence-electron chi connectivity index (χ1n) is 5.38. The van der Waals surface area contributed by atoms with Gasteiger partial charge in [0.05, 0.1) is 12.5 Å². The van der Waals surface area contributed by atoms with Crippen molar-refractivity contribution in [1.82, 2.24) is 4.72 Å². The van der Waals surface area contributed by atoms with Crippen molar-refractivity contribution < 1.29 is 8.42 Å². The Kier molecular flexibility index (Phi) is 5.24. The quantitative estimate of drug-likeness (QED) is 0.752. The molecule has 0 saturated carbocycles. The van der Waals surface area contributed by atoms with Gasteiger partial charge in [0.1, 0.15) is 0 Å². The molecule has 8 heteroatoms. The van der Waals surface area contributed by atoms with Crippen molar-refractivity contribution in [2.45, 2.75) is 18.2 Å². The van der Waals surface area contributed by atoms with Gasteiger partial charge in [0.2, 0.25) is 10.0 Å². The summed E-state index contributed by atoms with van der Waals surface area (Å²) in [6.45, 7) is 2.21. The maximum Gasteiger partial charge on any atom is 0.241 e. The molecule has 0 aliphatic heterocycles. The smallest absolute Gasteiger partial charge is 0.211 e. The molecule has 0 atom stereocenters. The van der Waals surface area contributed by atoms with Crippen molar-refractivity contribution in [3.05, 3.63) is 35.5 Å². The molecule has 1 N–H and O–H groups in total. The lowest BCUT2D eigenvalue weighted by atomic mass is 10.3. The molecule has 19 heavy (non-hydrogen) atoms. The van der Waals surface area contributed by atoms with E-state index in [1.165, 1.54) is 11.3 Å². The first-order chi connectivity index (χ1) is 8.88. The van der Waals surface area contributed by atoms with Crippen LogP contribution in [0.25, 0.3) is 0 Å². The summed E-state index contributed by atoms with van der Waals surface area (Å²) in [5.74, 6) is 0. The average molecular weight is 445 g/mol. The van der Waals surface area contributed by atoms with Gasteiger partial charge in [0, 0.05) is 16.3 Å². The van der Waals surface area contributed by atoms with Gasteiger partial charge < -0.3 is 0 Å².